The molecule has 1 N–H and O–H groups in total. The number of ether oxygens (including phenoxy) is 1. The SMILES string of the molecule is Cc1cccc(COc2ccc(-c3cc(C)[nH]c(=O)c3C#N)cc2)c1. The van der Waals surface area contributed by atoms with Gasteiger partial charge in [-0.1, -0.05) is 42.0 Å². The second-order valence-corrected chi connectivity index (χ2v) is 5.98. The van der Waals surface area contributed by atoms with Gasteiger partial charge in [0.25, 0.3) is 5.56 Å². The Bertz CT molecular complexity index is 996. The highest BCUT2D eigenvalue weighted by Gasteiger charge is 2.10. The third kappa shape index (κ3) is 3.78. The topological polar surface area (TPSA) is 65.9 Å². The summed E-state index contributed by atoms with van der Waals surface area (Å²) in [6.07, 6.45) is 0. The van der Waals surface area contributed by atoms with Crippen LogP contribution in [0.2, 0.25) is 0 Å². The van der Waals surface area contributed by atoms with Gasteiger partial charge in [-0.2, -0.15) is 5.26 Å². The number of H-pyrrole nitrogens is 1. The van der Waals surface area contributed by atoms with Crippen LogP contribution in [0.25, 0.3) is 11.1 Å². The average molecular weight is 330 g/mol. The number of benzene rings is 2. The van der Waals surface area contributed by atoms with E-state index in [1.807, 2.05) is 48.5 Å². The van der Waals surface area contributed by atoms with Crippen LogP contribution < -0.4 is 10.3 Å². The number of aromatic nitrogens is 1. The molecule has 4 nitrogen and oxygen atoms in total. The van der Waals surface area contributed by atoms with E-state index < -0.39 is 0 Å². The van der Waals surface area contributed by atoms with Crippen molar-refractivity contribution in [2.75, 3.05) is 0 Å². The zero-order chi connectivity index (χ0) is 17.8. The van der Waals surface area contributed by atoms with Crippen LogP contribution in [-0.4, -0.2) is 4.98 Å². The smallest absolute Gasteiger partial charge is 0.266 e. The van der Waals surface area contributed by atoms with E-state index in [1.54, 1.807) is 6.92 Å². The van der Waals surface area contributed by atoms with Crippen molar-refractivity contribution in [3.63, 3.8) is 0 Å². The lowest BCUT2D eigenvalue weighted by Crippen LogP contribution is -2.12. The highest BCUT2D eigenvalue weighted by molar-refractivity contribution is 5.70. The first kappa shape index (κ1) is 16.5. The molecule has 0 aliphatic heterocycles. The quantitative estimate of drug-likeness (QED) is 0.783. The fourth-order valence-electron chi connectivity index (χ4n) is 2.73. The molecule has 25 heavy (non-hydrogen) atoms. The van der Waals surface area contributed by atoms with Crippen LogP contribution in [0.5, 0.6) is 5.75 Å². The summed E-state index contributed by atoms with van der Waals surface area (Å²) in [4.78, 5) is 14.6. The first-order valence-electron chi connectivity index (χ1n) is 7.99. The second kappa shape index (κ2) is 7.06. The van der Waals surface area contributed by atoms with Gasteiger partial charge in [0.1, 0.15) is 24.0 Å². The number of aryl methyl sites for hydroxylation is 2. The molecule has 0 radical (unpaired) electrons. The Hall–Kier alpha value is -3.32. The molecular weight excluding hydrogens is 312 g/mol. The summed E-state index contributed by atoms with van der Waals surface area (Å²) in [7, 11) is 0. The molecule has 4 heteroatoms. The molecule has 3 aromatic rings. The monoisotopic (exact) mass is 330 g/mol. The zero-order valence-electron chi connectivity index (χ0n) is 14.2. The number of hydrogen-bond donors (Lipinski definition) is 1. The van der Waals surface area contributed by atoms with Gasteiger partial charge in [-0.3, -0.25) is 4.79 Å². The molecule has 0 saturated heterocycles. The number of rotatable bonds is 4. The van der Waals surface area contributed by atoms with E-state index in [4.69, 9.17) is 4.74 Å². The molecule has 0 fully saturated rings. The Morgan fingerprint density at radius 1 is 1.08 bits per heavy atom. The van der Waals surface area contributed by atoms with Gasteiger partial charge in [0.15, 0.2) is 0 Å². The van der Waals surface area contributed by atoms with E-state index in [0.29, 0.717) is 12.2 Å². The summed E-state index contributed by atoms with van der Waals surface area (Å²) in [5, 5.41) is 9.24. The van der Waals surface area contributed by atoms with Crippen LogP contribution >= 0.6 is 0 Å². The molecule has 1 heterocycles. The summed E-state index contributed by atoms with van der Waals surface area (Å²) < 4.78 is 5.81. The number of nitrogens with one attached hydrogen (secondary N) is 1. The molecule has 0 atom stereocenters. The van der Waals surface area contributed by atoms with Gasteiger partial charge in [-0.05, 0) is 43.2 Å². The molecule has 0 unspecified atom stereocenters. The Morgan fingerprint density at radius 2 is 1.84 bits per heavy atom. The van der Waals surface area contributed by atoms with E-state index in [0.717, 1.165) is 22.6 Å². The Morgan fingerprint density at radius 3 is 2.52 bits per heavy atom. The lowest BCUT2D eigenvalue weighted by Gasteiger charge is -2.09. The minimum Gasteiger partial charge on any atom is -0.489 e. The van der Waals surface area contributed by atoms with Gasteiger partial charge >= 0.3 is 0 Å². The van der Waals surface area contributed by atoms with E-state index >= 15 is 0 Å². The van der Waals surface area contributed by atoms with E-state index in [2.05, 4.69) is 24.0 Å². The van der Waals surface area contributed by atoms with Crippen LogP contribution in [0.3, 0.4) is 0 Å². The summed E-state index contributed by atoms with van der Waals surface area (Å²) in [5.74, 6) is 0.741. The molecule has 0 saturated carbocycles. The standard InChI is InChI=1S/C21H18N2O2/c1-14-4-3-5-16(10-14)13-25-18-8-6-17(7-9-18)19-11-15(2)23-21(24)20(19)12-22/h3-11H,13H2,1-2H3,(H,23,24). The third-order valence-corrected chi connectivity index (χ3v) is 3.93. The van der Waals surface area contributed by atoms with Crippen molar-refractivity contribution in [3.05, 3.63) is 87.3 Å². The number of aromatic amines is 1. The third-order valence-electron chi connectivity index (χ3n) is 3.93. The van der Waals surface area contributed by atoms with E-state index in [-0.39, 0.29) is 11.1 Å². The van der Waals surface area contributed by atoms with Crippen LogP contribution in [0.1, 0.15) is 22.4 Å². The molecule has 3 rings (SSSR count). The van der Waals surface area contributed by atoms with E-state index in [1.165, 1.54) is 5.56 Å². The minimum atomic E-state index is -0.364. The summed E-state index contributed by atoms with van der Waals surface area (Å²) in [6.45, 7) is 4.34. The lowest BCUT2D eigenvalue weighted by atomic mass is 10.0. The van der Waals surface area contributed by atoms with Crippen LogP contribution in [0.4, 0.5) is 0 Å². The Kier molecular flexibility index (Phi) is 4.67. The molecule has 0 bridgehead atoms. The predicted octanol–water partition coefficient (Wildman–Crippen LogP) is 4.11. The molecule has 0 amide bonds. The lowest BCUT2D eigenvalue weighted by molar-refractivity contribution is 0.306. The normalized spacial score (nSPS) is 10.3. The fourth-order valence-corrected chi connectivity index (χ4v) is 2.73. The Labute approximate surface area is 146 Å². The van der Waals surface area contributed by atoms with Gasteiger partial charge in [0.2, 0.25) is 0 Å². The van der Waals surface area contributed by atoms with Crippen LogP contribution in [-0.2, 0) is 6.61 Å². The maximum absolute atomic E-state index is 11.9. The van der Waals surface area contributed by atoms with Gasteiger partial charge in [0, 0.05) is 11.3 Å². The second-order valence-electron chi connectivity index (χ2n) is 5.98. The highest BCUT2D eigenvalue weighted by atomic mass is 16.5. The Balaban J connectivity index is 1.81. The van der Waals surface area contributed by atoms with Crippen molar-refractivity contribution < 1.29 is 4.74 Å². The number of nitriles is 1. The van der Waals surface area contributed by atoms with Crippen molar-refractivity contribution in [3.8, 4) is 22.9 Å². The van der Waals surface area contributed by atoms with Crippen molar-refractivity contribution in [1.82, 2.24) is 4.98 Å². The molecule has 2 aromatic carbocycles. The molecule has 0 aliphatic rings. The van der Waals surface area contributed by atoms with Crippen molar-refractivity contribution in [2.45, 2.75) is 20.5 Å². The molecular formula is C21H18N2O2. The number of nitrogens with zero attached hydrogens (tertiary/aromatic N) is 1. The van der Waals surface area contributed by atoms with Gasteiger partial charge in [0.05, 0.1) is 0 Å². The van der Waals surface area contributed by atoms with E-state index in [9.17, 15) is 10.1 Å². The van der Waals surface area contributed by atoms with Gasteiger partial charge in [-0.15, -0.1) is 0 Å². The maximum atomic E-state index is 11.9. The van der Waals surface area contributed by atoms with Gasteiger partial charge < -0.3 is 9.72 Å². The largest absolute Gasteiger partial charge is 0.489 e. The molecule has 124 valence electrons. The average Bonchev–Trinajstić information content (AvgIpc) is 2.60. The number of hydrogen-bond acceptors (Lipinski definition) is 3. The molecule has 1 aromatic heterocycles. The first-order chi connectivity index (χ1) is 12.1. The minimum absolute atomic E-state index is 0.124. The first-order valence-corrected chi connectivity index (χ1v) is 7.99. The predicted molar refractivity (Wildman–Crippen MR) is 97.5 cm³/mol. The molecule has 0 aliphatic carbocycles. The van der Waals surface area contributed by atoms with Gasteiger partial charge in [-0.25, -0.2) is 0 Å². The van der Waals surface area contributed by atoms with Crippen LogP contribution in [0.15, 0.2) is 59.4 Å². The van der Waals surface area contributed by atoms with Crippen LogP contribution in [0, 0.1) is 25.2 Å². The summed E-state index contributed by atoms with van der Waals surface area (Å²) in [5.41, 5.74) is 4.24. The van der Waals surface area contributed by atoms with Crippen molar-refractivity contribution in [1.29, 1.82) is 5.26 Å². The molecule has 0 spiro atoms. The highest BCUT2D eigenvalue weighted by Crippen LogP contribution is 2.25. The maximum Gasteiger partial charge on any atom is 0.266 e. The van der Waals surface area contributed by atoms with Crippen molar-refractivity contribution in [2.24, 2.45) is 0 Å². The van der Waals surface area contributed by atoms with Crippen molar-refractivity contribution >= 4 is 0 Å². The zero-order valence-corrected chi connectivity index (χ0v) is 14.2. The summed E-state index contributed by atoms with van der Waals surface area (Å²) in [6, 6.07) is 19.4. The fraction of sp³-hybridized carbons (Fsp3) is 0.143. The summed E-state index contributed by atoms with van der Waals surface area (Å²) >= 11 is 0. The number of pyridine rings is 1.